The van der Waals surface area contributed by atoms with Crippen LogP contribution in [0.25, 0.3) is 0 Å². The number of aryl methyl sites for hydroxylation is 1. The van der Waals surface area contributed by atoms with Gasteiger partial charge in [0.05, 0.1) is 12.6 Å². The summed E-state index contributed by atoms with van der Waals surface area (Å²) in [5.41, 5.74) is 2.93. The number of hydrogen-bond donors (Lipinski definition) is 0. The highest BCUT2D eigenvalue weighted by Gasteiger charge is 2.23. The van der Waals surface area contributed by atoms with Crippen LogP contribution in [0.2, 0.25) is 0 Å². The fraction of sp³-hybridized carbons (Fsp3) is 0.688. The molecule has 0 aliphatic rings. The van der Waals surface area contributed by atoms with Gasteiger partial charge in [0.1, 0.15) is 12.4 Å². The summed E-state index contributed by atoms with van der Waals surface area (Å²) in [6, 6.07) is 23.0. The highest BCUT2D eigenvalue weighted by molar-refractivity contribution is 5.24. The van der Waals surface area contributed by atoms with Crippen LogP contribution >= 0.6 is 0 Å². The molecule has 0 saturated heterocycles. The van der Waals surface area contributed by atoms with E-state index in [2.05, 4.69) is 103 Å². The quantitative estimate of drug-likeness (QED) is 0.0457. The molecule has 0 aliphatic carbocycles. The van der Waals surface area contributed by atoms with Crippen LogP contribution in [0.3, 0.4) is 0 Å². The summed E-state index contributed by atoms with van der Waals surface area (Å²) >= 11 is 0. The van der Waals surface area contributed by atoms with Crippen molar-refractivity contribution in [2.75, 3.05) is 0 Å². The fourth-order valence-corrected chi connectivity index (χ4v) is 8.03. The number of benzene rings is 2. The summed E-state index contributed by atoms with van der Waals surface area (Å²) in [6.07, 6.45) is 42.1. The first-order chi connectivity index (χ1) is 24.7. The van der Waals surface area contributed by atoms with Gasteiger partial charge in [0.2, 0.25) is 0 Å². The van der Waals surface area contributed by atoms with Crippen molar-refractivity contribution in [1.29, 1.82) is 0 Å². The molecule has 2 heteroatoms. The zero-order valence-electron chi connectivity index (χ0n) is 33.3. The minimum atomic E-state index is 0.532. The summed E-state index contributed by atoms with van der Waals surface area (Å²) in [7, 11) is 0. The Labute approximate surface area is 310 Å². The Kier molecular flexibility index (Phi) is 23.8. The first-order valence-electron chi connectivity index (χ1n) is 21.9. The summed E-state index contributed by atoms with van der Waals surface area (Å²) < 4.78 is 5.30. The third kappa shape index (κ3) is 18.2. The van der Waals surface area contributed by atoms with Crippen LogP contribution < -0.4 is 4.57 Å². The molecule has 0 aliphatic heterocycles. The maximum atomic E-state index is 2.67. The van der Waals surface area contributed by atoms with E-state index in [0.29, 0.717) is 12.0 Å². The van der Waals surface area contributed by atoms with E-state index in [1.807, 2.05) is 0 Å². The number of imidazole rings is 1. The van der Waals surface area contributed by atoms with Crippen molar-refractivity contribution in [2.24, 2.45) is 0 Å². The lowest BCUT2D eigenvalue weighted by Gasteiger charge is -2.18. The van der Waals surface area contributed by atoms with Crippen LogP contribution in [-0.4, -0.2) is 4.57 Å². The number of aromatic nitrogens is 2. The number of nitrogens with zero attached hydrogens (tertiary/aromatic N) is 2. The van der Waals surface area contributed by atoms with Crippen LogP contribution in [0.15, 0.2) is 73.1 Å². The Morgan fingerprint density at radius 3 is 1.50 bits per heavy atom. The summed E-state index contributed by atoms with van der Waals surface area (Å²) in [5, 5.41) is 0. The van der Waals surface area contributed by atoms with Gasteiger partial charge in [0, 0.05) is 6.42 Å². The van der Waals surface area contributed by atoms with Crippen molar-refractivity contribution in [1.82, 2.24) is 4.57 Å². The molecular formula is C48H79N2+. The fourth-order valence-electron chi connectivity index (χ4n) is 8.03. The summed E-state index contributed by atoms with van der Waals surface area (Å²) in [6.45, 7) is 8.26. The van der Waals surface area contributed by atoms with Crippen LogP contribution in [0, 0.1) is 0 Å². The van der Waals surface area contributed by atoms with Gasteiger partial charge in [-0.2, -0.15) is 0 Å². The van der Waals surface area contributed by atoms with Crippen LogP contribution in [-0.2, 0) is 19.4 Å². The van der Waals surface area contributed by atoms with Crippen molar-refractivity contribution in [3.8, 4) is 0 Å². The molecular weight excluding hydrogens is 605 g/mol. The number of rotatable bonds is 32. The molecule has 0 saturated carbocycles. The minimum absolute atomic E-state index is 0.532. The minimum Gasteiger partial charge on any atom is -0.234 e. The highest BCUT2D eigenvalue weighted by Crippen LogP contribution is 2.27. The Bertz CT molecular complexity index is 1170. The molecule has 0 fully saturated rings. The Morgan fingerprint density at radius 1 is 0.520 bits per heavy atom. The molecule has 0 radical (unpaired) electrons. The van der Waals surface area contributed by atoms with E-state index in [-0.39, 0.29) is 0 Å². The second-order valence-electron chi connectivity index (χ2n) is 15.7. The lowest BCUT2D eigenvalue weighted by Crippen LogP contribution is -2.38. The van der Waals surface area contributed by atoms with Crippen molar-refractivity contribution in [3.05, 3.63) is 90.0 Å². The molecule has 1 heterocycles. The maximum Gasteiger partial charge on any atom is 0.256 e. The van der Waals surface area contributed by atoms with Crippen LogP contribution in [0.5, 0.6) is 0 Å². The first-order valence-corrected chi connectivity index (χ1v) is 21.9. The van der Waals surface area contributed by atoms with Crippen molar-refractivity contribution in [3.63, 3.8) is 0 Å². The topological polar surface area (TPSA) is 8.81 Å². The van der Waals surface area contributed by atoms with E-state index in [9.17, 15) is 0 Å². The molecule has 2 nitrogen and oxygen atoms in total. The lowest BCUT2D eigenvalue weighted by molar-refractivity contribution is -0.704. The zero-order valence-corrected chi connectivity index (χ0v) is 33.3. The van der Waals surface area contributed by atoms with Crippen LogP contribution in [0.1, 0.15) is 210 Å². The Morgan fingerprint density at radius 2 is 0.980 bits per heavy atom. The van der Waals surface area contributed by atoms with E-state index in [1.54, 1.807) is 5.82 Å². The van der Waals surface area contributed by atoms with Gasteiger partial charge in [-0.15, -0.1) is 0 Å². The molecule has 2 aromatic carbocycles. The molecule has 2 atom stereocenters. The van der Waals surface area contributed by atoms with E-state index in [1.165, 1.54) is 172 Å². The smallest absolute Gasteiger partial charge is 0.234 e. The predicted molar refractivity (Wildman–Crippen MR) is 219 cm³/mol. The molecule has 280 valence electrons. The van der Waals surface area contributed by atoms with E-state index in [0.717, 1.165) is 19.4 Å². The van der Waals surface area contributed by atoms with Crippen molar-refractivity contribution >= 4 is 0 Å². The normalized spacial score (nSPS) is 12.8. The van der Waals surface area contributed by atoms with Gasteiger partial charge in [-0.3, -0.25) is 0 Å². The molecule has 1 aromatic heterocycles. The Hall–Kier alpha value is -2.35. The second kappa shape index (κ2) is 28.3. The first kappa shape index (κ1) is 42.1. The molecule has 3 aromatic rings. The van der Waals surface area contributed by atoms with Gasteiger partial charge >= 0.3 is 0 Å². The van der Waals surface area contributed by atoms with Crippen molar-refractivity contribution in [2.45, 2.75) is 213 Å². The number of hydrogen-bond acceptors (Lipinski definition) is 0. The largest absolute Gasteiger partial charge is 0.256 e. The molecule has 0 spiro atoms. The SMILES string of the molecule is CCCCCCCCCCCCCCCCCC(C)n1cc[n+](CCCCCCCCCC)c1CCC(Cc1ccccc1)c1ccccc1. The molecule has 2 unspecified atom stereocenters. The van der Waals surface area contributed by atoms with E-state index in [4.69, 9.17) is 0 Å². The third-order valence-electron chi connectivity index (χ3n) is 11.3. The molecule has 0 N–H and O–H groups in total. The van der Waals surface area contributed by atoms with Gasteiger partial charge in [0.25, 0.3) is 5.82 Å². The third-order valence-corrected chi connectivity index (χ3v) is 11.3. The van der Waals surface area contributed by atoms with E-state index < -0.39 is 0 Å². The lowest BCUT2D eigenvalue weighted by atomic mass is 9.88. The molecule has 3 rings (SSSR count). The van der Waals surface area contributed by atoms with Gasteiger partial charge in [-0.05, 0) is 62.5 Å². The molecule has 0 amide bonds. The summed E-state index contributed by atoms with van der Waals surface area (Å²) in [5.74, 6) is 2.08. The van der Waals surface area contributed by atoms with Crippen molar-refractivity contribution < 1.29 is 4.57 Å². The molecule has 50 heavy (non-hydrogen) atoms. The Balaban J connectivity index is 1.47. The average Bonchev–Trinajstić information content (AvgIpc) is 3.56. The highest BCUT2D eigenvalue weighted by atomic mass is 15.2. The standard InChI is InChI=1S/C48H79N2/c1-4-6-8-10-12-14-15-16-17-18-19-20-21-23-27-33-44(3)50-42-41-49(40-32-24-22-13-11-9-7-5-2)48(50)39-38-47(46-36-30-26-31-37-46)43-45-34-28-25-29-35-45/h25-26,28-31,34-37,41-42,44,47H,4-24,27,32-33,38-40,43H2,1-3H3/q+1. The van der Waals surface area contributed by atoms with Crippen LogP contribution in [0.4, 0.5) is 0 Å². The molecule has 0 bridgehead atoms. The zero-order chi connectivity index (χ0) is 35.3. The monoisotopic (exact) mass is 684 g/mol. The maximum absolute atomic E-state index is 2.67. The van der Waals surface area contributed by atoms with E-state index >= 15 is 0 Å². The number of unbranched alkanes of at least 4 members (excludes halogenated alkanes) is 21. The van der Waals surface area contributed by atoms with Gasteiger partial charge in [-0.1, -0.05) is 203 Å². The van der Waals surface area contributed by atoms with Gasteiger partial charge < -0.3 is 0 Å². The summed E-state index contributed by atoms with van der Waals surface area (Å²) in [4.78, 5) is 0. The predicted octanol–water partition coefficient (Wildman–Crippen LogP) is 14.7. The van der Waals surface area contributed by atoms with Gasteiger partial charge in [0.15, 0.2) is 0 Å². The second-order valence-corrected chi connectivity index (χ2v) is 15.7. The van der Waals surface area contributed by atoms with Gasteiger partial charge in [-0.25, -0.2) is 9.13 Å². The average molecular weight is 684 g/mol.